The number of rotatable bonds is 2. The SMILES string of the molecule is CN=C(C)Nc1cccc(SC)c1. The molecule has 0 spiro atoms. The van der Waals surface area contributed by atoms with Gasteiger partial charge in [-0.2, -0.15) is 0 Å². The number of benzene rings is 1. The van der Waals surface area contributed by atoms with Gasteiger partial charge in [-0.3, -0.25) is 4.99 Å². The maximum Gasteiger partial charge on any atom is 0.0972 e. The van der Waals surface area contributed by atoms with Gasteiger partial charge in [0.1, 0.15) is 0 Å². The number of aliphatic imine (C=N–C) groups is 1. The molecule has 1 aromatic carbocycles. The zero-order valence-electron chi connectivity index (χ0n) is 8.16. The zero-order chi connectivity index (χ0) is 9.68. The van der Waals surface area contributed by atoms with Crippen molar-refractivity contribution in [2.24, 2.45) is 4.99 Å². The first-order valence-corrected chi connectivity index (χ1v) is 5.33. The van der Waals surface area contributed by atoms with Crippen LogP contribution < -0.4 is 5.32 Å². The highest BCUT2D eigenvalue weighted by Gasteiger charge is 1.94. The molecule has 2 nitrogen and oxygen atoms in total. The summed E-state index contributed by atoms with van der Waals surface area (Å²) >= 11 is 1.74. The first-order valence-electron chi connectivity index (χ1n) is 4.10. The number of anilines is 1. The molecule has 0 fully saturated rings. The topological polar surface area (TPSA) is 24.4 Å². The minimum Gasteiger partial charge on any atom is -0.344 e. The van der Waals surface area contributed by atoms with E-state index in [4.69, 9.17) is 0 Å². The molecule has 0 aliphatic rings. The maximum atomic E-state index is 4.04. The van der Waals surface area contributed by atoms with Crippen LogP contribution in [0.25, 0.3) is 0 Å². The van der Waals surface area contributed by atoms with E-state index in [1.807, 2.05) is 19.1 Å². The van der Waals surface area contributed by atoms with Gasteiger partial charge in [0, 0.05) is 17.6 Å². The lowest BCUT2D eigenvalue weighted by molar-refractivity contribution is 1.39. The largest absolute Gasteiger partial charge is 0.344 e. The molecular weight excluding hydrogens is 180 g/mol. The van der Waals surface area contributed by atoms with Crippen LogP contribution in [0, 0.1) is 0 Å². The Bertz CT molecular complexity index is 308. The third-order valence-corrected chi connectivity index (χ3v) is 2.46. The van der Waals surface area contributed by atoms with Gasteiger partial charge >= 0.3 is 0 Å². The molecule has 70 valence electrons. The molecule has 0 aliphatic carbocycles. The molecule has 1 rings (SSSR count). The van der Waals surface area contributed by atoms with Gasteiger partial charge < -0.3 is 5.32 Å². The van der Waals surface area contributed by atoms with Gasteiger partial charge in [-0.25, -0.2) is 0 Å². The summed E-state index contributed by atoms with van der Waals surface area (Å²) in [6.45, 7) is 1.95. The van der Waals surface area contributed by atoms with E-state index in [2.05, 4.69) is 28.7 Å². The van der Waals surface area contributed by atoms with Crippen molar-refractivity contribution in [3.63, 3.8) is 0 Å². The van der Waals surface area contributed by atoms with E-state index < -0.39 is 0 Å². The van der Waals surface area contributed by atoms with Crippen molar-refractivity contribution in [1.82, 2.24) is 0 Å². The van der Waals surface area contributed by atoms with Crippen LogP contribution in [-0.2, 0) is 0 Å². The molecule has 0 saturated carbocycles. The van der Waals surface area contributed by atoms with Crippen molar-refractivity contribution in [2.45, 2.75) is 11.8 Å². The average molecular weight is 194 g/mol. The zero-order valence-corrected chi connectivity index (χ0v) is 8.98. The molecule has 0 heterocycles. The van der Waals surface area contributed by atoms with Crippen molar-refractivity contribution in [3.8, 4) is 0 Å². The van der Waals surface area contributed by atoms with Gasteiger partial charge in [0.15, 0.2) is 0 Å². The molecule has 0 saturated heterocycles. The van der Waals surface area contributed by atoms with Crippen molar-refractivity contribution in [3.05, 3.63) is 24.3 Å². The van der Waals surface area contributed by atoms with Gasteiger partial charge in [-0.1, -0.05) is 6.07 Å². The van der Waals surface area contributed by atoms with Crippen LogP contribution in [-0.4, -0.2) is 19.1 Å². The monoisotopic (exact) mass is 194 g/mol. The van der Waals surface area contributed by atoms with Crippen LogP contribution >= 0.6 is 11.8 Å². The number of hydrogen-bond donors (Lipinski definition) is 1. The van der Waals surface area contributed by atoms with Crippen molar-refractivity contribution in [1.29, 1.82) is 0 Å². The lowest BCUT2D eigenvalue weighted by Crippen LogP contribution is -2.06. The number of nitrogens with one attached hydrogen (secondary N) is 1. The standard InChI is InChI=1S/C10H14N2S/c1-8(11-2)12-9-5-4-6-10(7-9)13-3/h4-7H,1-3H3,(H,11,12). The first kappa shape index (κ1) is 10.1. The molecular formula is C10H14N2S. The van der Waals surface area contributed by atoms with Crippen LogP contribution in [0.3, 0.4) is 0 Å². The third-order valence-electron chi connectivity index (χ3n) is 1.73. The van der Waals surface area contributed by atoms with Crippen LogP contribution in [0.2, 0.25) is 0 Å². The molecule has 1 aromatic rings. The van der Waals surface area contributed by atoms with E-state index in [9.17, 15) is 0 Å². The van der Waals surface area contributed by atoms with Gasteiger partial charge in [-0.15, -0.1) is 11.8 Å². The summed E-state index contributed by atoms with van der Waals surface area (Å²) in [5.41, 5.74) is 1.09. The molecule has 0 unspecified atom stereocenters. The lowest BCUT2D eigenvalue weighted by Gasteiger charge is -2.05. The van der Waals surface area contributed by atoms with E-state index >= 15 is 0 Å². The normalized spacial score (nSPS) is 11.5. The highest BCUT2D eigenvalue weighted by atomic mass is 32.2. The van der Waals surface area contributed by atoms with Crippen LogP contribution in [0.4, 0.5) is 5.69 Å². The fourth-order valence-electron chi connectivity index (χ4n) is 0.966. The highest BCUT2D eigenvalue weighted by molar-refractivity contribution is 7.98. The average Bonchev–Trinajstić information content (AvgIpc) is 2.18. The second-order valence-corrected chi connectivity index (χ2v) is 3.55. The van der Waals surface area contributed by atoms with Crippen LogP contribution in [0.1, 0.15) is 6.92 Å². The number of hydrogen-bond acceptors (Lipinski definition) is 2. The molecule has 13 heavy (non-hydrogen) atoms. The molecule has 0 atom stereocenters. The number of thioether (sulfide) groups is 1. The second kappa shape index (κ2) is 4.92. The van der Waals surface area contributed by atoms with E-state index in [1.54, 1.807) is 18.8 Å². The van der Waals surface area contributed by atoms with Crippen LogP contribution in [0.5, 0.6) is 0 Å². The minimum atomic E-state index is 0.929. The second-order valence-electron chi connectivity index (χ2n) is 2.67. The lowest BCUT2D eigenvalue weighted by atomic mass is 10.3. The van der Waals surface area contributed by atoms with E-state index in [-0.39, 0.29) is 0 Å². The Balaban J connectivity index is 2.77. The third kappa shape index (κ3) is 3.11. The summed E-state index contributed by atoms with van der Waals surface area (Å²) in [5.74, 6) is 0.929. The van der Waals surface area contributed by atoms with Crippen molar-refractivity contribution in [2.75, 3.05) is 18.6 Å². The van der Waals surface area contributed by atoms with Crippen LogP contribution in [0.15, 0.2) is 34.2 Å². The fourth-order valence-corrected chi connectivity index (χ4v) is 1.43. The summed E-state index contributed by atoms with van der Waals surface area (Å²) < 4.78 is 0. The Hall–Kier alpha value is -0.960. The Morgan fingerprint density at radius 2 is 2.23 bits per heavy atom. The summed E-state index contributed by atoms with van der Waals surface area (Å²) in [7, 11) is 1.78. The molecule has 1 N–H and O–H groups in total. The Morgan fingerprint density at radius 3 is 2.85 bits per heavy atom. The van der Waals surface area contributed by atoms with E-state index in [0.717, 1.165) is 11.5 Å². The predicted octanol–water partition coefficient (Wildman–Crippen LogP) is 2.87. The first-order chi connectivity index (χ1) is 6.26. The fraction of sp³-hybridized carbons (Fsp3) is 0.300. The molecule has 3 heteroatoms. The molecule has 0 bridgehead atoms. The quantitative estimate of drug-likeness (QED) is 0.445. The Labute approximate surface area is 83.5 Å². The molecule has 0 aromatic heterocycles. The van der Waals surface area contributed by atoms with Gasteiger partial charge in [-0.05, 0) is 31.4 Å². The minimum absolute atomic E-state index is 0.929. The van der Waals surface area contributed by atoms with E-state index in [0.29, 0.717) is 0 Å². The number of nitrogens with zero attached hydrogens (tertiary/aromatic N) is 1. The van der Waals surface area contributed by atoms with Crippen molar-refractivity contribution >= 4 is 23.3 Å². The molecule has 0 aliphatic heterocycles. The highest BCUT2D eigenvalue weighted by Crippen LogP contribution is 2.18. The Kier molecular flexibility index (Phi) is 3.83. The number of amidine groups is 1. The van der Waals surface area contributed by atoms with Crippen molar-refractivity contribution < 1.29 is 0 Å². The van der Waals surface area contributed by atoms with Gasteiger partial charge in [0.05, 0.1) is 5.84 Å². The molecule has 0 radical (unpaired) electrons. The summed E-state index contributed by atoms with van der Waals surface area (Å²) in [6.07, 6.45) is 2.07. The summed E-state index contributed by atoms with van der Waals surface area (Å²) in [6, 6.07) is 8.28. The molecule has 0 amide bonds. The maximum absolute atomic E-state index is 4.04. The van der Waals surface area contributed by atoms with E-state index in [1.165, 1.54) is 4.90 Å². The summed E-state index contributed by atoms with van der Waals surface area (Å²) in [4.78, 5) is 5.30. The smallest absolute Gasteiger partial charge is 0.0972 e. The predicted molar refractivity (Wildman–Crippen MR) is 60.9 cm³/mol. The Morgan fingerprint density at radius 1 is 1.46 bits per heavy atom. The summed E-state index contributed by atoms with van der Waals surface area (Å²) in [5, 5.41) is 3.20. The van der Waals surface area contributed by atoms with Gasteiger partial charge in [0.25, 0.3) is 0 Å². The van der Waals surface area contributed by atoms with Gasteiger partial charge in [0.2, 0.25) is 0 Å².